The van der Waals surface area contributed by atoms with Gasteiger partial charge in [-0.3, -0.25) is 14.5 Å². The summed E-state index contributed by atoms with van der Waals surface area (Å²) < 4.78 is 18.9. The van der Waals surface area contributed by atoms with Gasteiger partial charge in [-0.05, 0) is 57.0 Å². The van der Waals surface area contributed by atoms with E-state index in [1.54, 1.807) is 23.9 Å². The van der Waals surface area contributed by atoms with Gasteiger partial charge in [-0.1, -0.05) is 12.1 Å². The van der Waals surface area contributed by atoms with Crippen molar-refractivity contribution in [2.75, 3.05) is 44.4 Å². The van der Waals surface area contributed by atoms with Gasteiger partial charge in [0.05, 0.1) is 23.9 Å². The number of carbonyl (C=O) groups is 2. The number of piperidine rings is 1. The van der Waals surface area contributed by atoms with E-state index in [9.17, 15) is 14.0 Å². The number of nitrogens with zero attached hydrogens (tertiary/aromatic N) is 2. The van der Waals surface area contributed by atoms with Crippen molar-refractivity contribution in [2.24, 2.45) is 0 Å². The fourth-order valence-electron chi connectivity index (χ4n) is 4.91. The number of amides is 1. The molecule has 0 aliphatic carbocycles. The summed E-state index contributed by atoms with van der Waals surface area (Å²) in [6.07, 6.45) is 2.08. The number of benzene rings is 1. The Labute approximate surface area is 181 Å². The average molecular weight is 436 g/mol. The molecule has 0 spiro atoms. The minimum atomic E-state index is -0.728. The lowest BCUT2D eigenvalue weighted by Crippen LogP contribution is -2.51. The summed E-state index contributed by atoms with van der Waals surface area (Å²) in [5.74, 6) is 1.50. The quantitative estimate of drug-likeness (QED) is 0.714. The molecule has 3 fully saturated rings. The highest BCUT2D eigenvalue weighted by atomic mass is 32.2. The molecule has 0 saturated carbocycles. The van der Waals surface area contributed by atoms with E-state index in [2.05, 4.69) is 10.2 Å². The second-order valence-electron chi connectivity index (χ2n) is 8.33. The van der Waals surface area contributed by atoms with Gasteiger partial charge in [0.15, 0.2) is 0 Å². The summed E-state index contributed by atoms with van der Waals surface area (Å²) in [5, 5.41) is 3.41. The topological polar surface area (TPSA) is 61.9 Å². The van der Waals surface area contributed by atoms with Gasteiger partial charge < -0.3 is 15.0 Å². The van der Waals surface area contributed by atoms with Crippen LogP contribution in [-0.2, 0) is 19.7 Å². The number of thioether (sulfide) groups is 1. The third-order valence-corrected chi connectivity index (χ3v) is 7.67. The van der Waals surface area contributed by atoms with Crippen molar-refractivity contribution in [2.45, 2.75) is 43.7 Å². The highest BCUT2D eigenvalue weighted by Crippen LogP contribution is 2.38. The zero-order valence-corrected chi connectivity index (χ0v) is 18.3. The molecular formula is C22H30FN3O3S. The maximum absolute atomic E-state index is 13.4. The van der Waals surface area contributed by atoms with Crippen molar-refractivity contribution >= 4 is 23.6 Å². The summed E-state index contributed by atoms with van der Waals surface area (Å²) in [5.41, 5.74) is 0.0972. The maximum atomic E-state index is 13.4. The number of ether oxygens (including phenoxy) is 1. The Morgan fingerprint density at radius 3 is 2.60 bits per heavy atom. The fourth-order valence-corrected chi connectivity index (χ4v) is 5.87. The van der Waals surface area contributed by atoms with Crippen LogP contribution < -0.4 is 5.32 Å². The average Bonchev–Trinajstić information content (AvgIpc) is 3.47. The summed E-state index contributed by atoms with van der Waals surface area (Å²) in [7, 11) is 0. The molecule has 0 aromatic heterocycles. The number of carbonyl (C=O) groups excluding carboxylic acids is 2. The van der Waals surface area contributed by atoms with Crippen molar-refractivity contribution in [1.82, 2.24) is 15.1 Å². The zero-order valence-electron chi connectivity index (χ0n) is 17.4. The van der Waals surface area contributed by atoms with Crippen molar-refractivity contribution in [3.05, 3.63) is 35.6 Å². The molecule has 3 aliphatic rings. The summed E-state index contributed by atoms with van der Waals surface area (Å²) >= 11 is 1.80. The van der Waals surface area contributed by atoms with Crippen molar-refractivity contribution in [3.8, 4) is 0 Å². The SMILES string of the molecule is CCOC(=O)C1(c2ccc(F)cc2)CCN([C@@H]2CN[C@H](C(=O)N3CCSC3)C2)CC1. The van der Waals surface area contributed by atoms with Gasteiger partial charge in [-0.25, -0.2) is 4.39 Å². The molecule has 3 heterocycles. The molecule has 1 N–H and O–H groups in total. The van der Waals surface area contributed by atoms with Crippen LogP contribution >= 0.6 is 11.8 Å². The first-order valence-electron chi connectivity index (χ1n) is 10.8. The smallest absolute Gasteiger partial charge is 0.316 e. The lowest BCUT2D eigenvalue weighted by atomic mass is 9.72. The van der Waals surface area contributed by atoms with E-state index in [0.29, 0.717) is 25.5 Å². The Bertz CT molecular complexity index is 761. The molecule has 164 valence electrons. The second kappa shape index (κ2) is 9.24. The zero-order chi connectivity index (χ0) is 21.1. The van der Waals surface area contributed by atoms with E-state index in [1.165, 1.54) is 12.1 Å². The number of nitrogens with one attached hydrogen (secondary N) is 1. The predicted molar refractivity (Wildman–Crippen MR) is 115 cm³/mol. The molecule has 1 aromatic rings. The molecule has 3 aliphatic heterocycles. The van der Waals surface area contributed by atoms with Crippen LogP contribution in [0.3, 0.4) is 0 Å². The monoisotopic (exact) mass is 435 g/mol. The minimum Gasteiger partial charge on any atom is -0.465 e. The van der Waals surface area contributed by atoms with Gasteiger partial charge in [0.2, 0.25) is 5.91 Å². The predicted octanol–water partition coefficient (Wildman–Crippen LogP) is 1.99. The molecule has 0 unspecified atom stereocenters. The Balaban J connectivity index is 1.41. The number of likely N-dealkylation sites (tertiary alicyclic amines) is 1. The maximum Gasteiger partial charge on any atom is 0.316 e. The minimum absolute atomic E-state index is 0.109. The summed E-state index contributed by atoms with van der Waals surface area (Å²) in [4.78, 5) is 29.9. The highest BCUT2D eigenvalue weighted by Gasteiger charge is 2.46. The first kappa shape index (κ1) is 21.6. The van der Waals surface area contributed by atoms with E-state index in [-0.39, 0.29) is 23.7 Å². The number of esters is 1. The van der Waals surface area contributed by atoms with Crippen LogP contribution in [0.4, 0.5) is 4.39 Å². The van der Waals surface area contributed by atoms with E-state index >= 15 is 0 Å². The Morgan fingerprint density at radius 1 is 1.23 bits per heavy atom. The lowest BCUT2D eigenvalue weighted by molar-refractivity contribution is -0.152. The van der Waals surface area contributed by atoms with Crippen LogP contribution in [0, 0.1) is 5.82 Å². The van der Waals surface area contributed by atoms with Crippen LogP contribution in [-0.4, -0.2) is 78.2 Å². The van der Waals surface area contributed by atoms with Crippen molar-refractivity contribution in [3.63, 3.8) is 0 Å². The first-order valence-corrected chi connectivity index (χ1v) is 12.0. The lowest BCUT2D eigenvalue weighted by Gasteiger charge is -2.42. The molecule has 2 atom stereocenters. The summed E-state index contributed by atoms with van der Waals surface area (Å²) in [6, 6.07) is 6.43. The number of hydrogen-bond acceptors (Lipinski definition) is 6. The molecule has 4 rings (SSSR count). The highest BCUT2D eigenvalue weighted by molar-refractivity contribution is 7.99. The van der Waals surface area contributed by atoms with Gasteiger partial charge in [0.25, 0.3) is 0 Å². The van der Waals surface area contributed by atoms with Crippen LogP contribution in [0.5, 0.6) is 0 Å². The third-order valence-electron chi connectivity index (χ3n) is 6.70. The van der Waals surface area contributed by atoms with Gasteiger partial charge in [-0.2, -0.15) is 0 Å². The van der Waals surface area contributed by atoms with Crippen LogP contribution in [0.2, 0.25) is 0 Å². The van der Waals surface area contributed by atoms with E-state index < -0.39 is 5.41 Å². The van der Waals surface area contributed by atoms with Gasteiger partial charge >= 0.3 is 5.97 Å². The molecular weight excluding hydrogens is 405 g/mol. The van der Waals surface area contributed by atoms with Gasteiger partial charge in [-0.15, -0.1) is 11.8 Å². The molecule has 0 bridgehead atoms. The Morgan fingerprint density at radius 2 is 1.97 bits per heavy atom. The second-order valence-corrected chi connectivity index (χ2v) is 9.41. The standard InChI is InChI=1S/C22H30FN3O3S/c1-2-29-21(28)22(16-3-5-17(23)6-4-16)7-9-25(10-8-22)18-13-19(24-14-18)20(27)26-11-12-30-15-26/h3-6,18-19,24H,2,7-15H2,1H3/t18-,19-/m0/s1. The Hall–Kier alpha value is -1.64. The van der Waals surface area contributed by atoms with Gasteiger partial charge in [0.1, 0.15) is 5.82 Å². The number of rotatable bonds is 5. The fraction of sp³-hybridized carbons (Fsp3) is 0.636. The number of halogens is 1. The number of hydrogen-bond donors (Lipinski definition) is 1. The summed E-state index contributed by atoms with van der Waals surface area (Å²) in [6.45, 7) is 5.28. The van der Waals surface area contributed by atoms with Crippen LogP contribution in [0.1, 0.15) is 31.7 Å². The van der Waals surface area contributed by atoms with Crippen molar-refractivity contribution < 1.29 is 18.7 Å². The Kier molecular flexibility index (Phi) is 6.65. The van der Waals surface area contributed by atoms with Gasteiger partial charge in [0, 0.05) is 24.9 Å². The van der Waals surface area contributed by atoms with Crippen molar-refractivity contribution in [1.29, 1.82) is 0 Å². The normalized spacial score (nSPS) is 26.7. The molecule has 3 saturated heterocycles. The largest absolute Gasteiger partial charge is 0.465 e. The first-order chi connectivity index (χ1) is 14.5. The third kappa shape index (κ3) is 4.22. The molecule has 6 nitrogen and oxygen atoms in total. The molecule has 0 radical (unpaired) electrons. The molecule has 1 amide bonds. The molecule has 1 aromatic carbocycles. The van der Waals surface area contributed by atoms with Crippen LogP contribution in [0.25, 0.3) is 0 Å². The molecule has 8 heteroatoms. The van der Waals surface area contributed by atoms with E-state index in [4.69, 9.17) is 4.74 Å². The molecule has 30 heavy (non-hydrogen) atoms. The van der Waals surface area contributed by atoms with E-state index in [1.807, 2.05) is 11.8 Å². The van der Waals surface area contributed by atoms with Crippen LogP contribution in [0.15, 0.2) is 24.3 Å². The van der Waals surface area contributed by atoms with E-state index in [0.717, 1.165) is 49.8 Å².